The summed E-state index contributed by atoms with van der Waals surface area (Å²) in [4.78, 5) is 0. The topological polar surface area (TPSA) is 35.5 Å². The van der Waals surface area contributed by atoms with Crippen LogP contribution in [0.25, 0.3) is 0 Å². The van der Waals surface area contributed by atoms with Gasteiger partial charge in [-0.15, -0.1) is 0 Å². The Morgan fingerprint density at radius 2 is 1.68 bits per heavy atom. The summed E-state index contributed by atoms with van der Waals surface area (Å²) in [6.07, 6.45) is -11.0. The van der Waals surface area contributed by atoms with Gasteiger partial charge < -0.3 is 4.52 Å². The fourth-order valence-corrected chi connectivity index (χ4v) is 2.59. The van der Waals surface area contributed by atoms with Gasteiger partial charge in [0.2, 0.25) is 0 Å². The molecule has 0 bridgehead atoms. The Balaban J connectivity index is 2.68. The van der Waals surface area contributed by atoms with Crippen molar-refractivity contribution < 1.29 is 40.0 Å². The number of alkyl halides is 6. The molecule has 1 rings (SSSR count). The largest absolute Gasteiger partial charge is 0.476 e. The summed E-state index contributed by atoms with van der Waals surface area (Å²) >= 11 is 5.31. The lowest BCUT2D eigenvalue weighted by molar-refractivity contribution is -0.139. The Morgan fingerprint density at radius 3 is 2.23 bits per heavy atom. The molecule has 1 aromatic rings. The molecule has 0 aromatic heterocycles. The van der Waals surface area contributed by atoms with Gasteiger partial charge in [0.15, 0.2) is 0 Å². The van der Waals surface area contributed by atoms with E-state index in [1.165, 1.54) is 6.07 Å². The molecule has 0 aliphatic heterocycles. The molecule has 0 saturated carbocycles. The lowest BCUT2D eigenvalue weighted by atomic mass is 10.2. The van der Waals surface area contributed by atoms with Crippen LogP contribution in [0.5, 0.6) is 5.75 Å². The van der Waals surface area contributed by atoms with E-state index in [1.807, 2.05) is 0 Å². The molecule has 0 aliphatic carbocycles. The van der Waals surface area contributed by atoms with Crippen molar-refractivity contribution in [2.75, 3.05) is 6.61 Å². The van der Waals surface area contributed by atoms with Gasteiger partial charge in [-0.2, -0.15) is 26.3 Å². The van der Waals surface area contributed by atoms with E-state index in [-0.39, 0.29) is 0 Å². The van der Waals surface area contributed by atoms with Gasteiger partial charge >= 0.3 is 19.3 Å². The second-order valence-corrected chi connectivity index (χ2v) is 6.61. The molecule has 0 N–H and O–H groups in total. The number of hydrogen-bond donors (Lipinski definition) is 0. The van der Waals surface area contributed by atoms with Crippen LogP contribution in [0.4, 0.5) is 26.3 Å². The highest BCUT2D eigenvalue weighted by atomic mass is 35.7. The Labute approximate surface area is 126 Å². The lowest BCUT2D eigenvalue weighted by Gasteiger charge is -2.17. The van der Waals surface area contributed by atoms with E-state index < -0.39 is 50.1 Å². The van der Waals surface area contributed by atoms with Crippen molar-refractivity contribution in [1.82, 2.24) is 0 Å². The van der Waals surface area contributed by atoms with Crippen LogP contribution < -0.4 is 4.52 Å². The summed E-state index contributed by atoms with van der Waals surface area (Å²) in [6.45, 7) is -5.16. The molecule has 0 fully saturated rings. The van der Waals surface area contributed by atoms with Crippen LogP contribution >= 0.6 is 18.2 Å². The van der Waals surface area contributed by atoms with E-state index in [9.17, 15) is 30.9 Å². The first-order valence-electron chi connectivity index (χ1n) is 5.77. The minimum atomic E-state index is -4.77. The van der Waals surface area contributed by atoms with Crippen molar-refractivity contribution in [2.45, 2.75) is 25.2 Å². The van der Waals surface area contributed by atoms with Crippen LogP contribution in [0.15, 0.2) is 24.3 Å². The molecular formula is C11H10ClF6O3P. The Bertz CT molecular complexity index is 545. The number of para-hydroxylation sites is 1. The second kappa shape index (κ2) is 7.10. The van der Waals surface area contributed by atoms with Crippen LogP contribution in [0.3, 0.4) is 0 Å². The Kier molecular flexibility index (Phi) is 6.18. The van der Waals surface area contributed by atoms with Crippen molar-refractivity contribution in [1.29, 1.82) is 0 Å². The first kappa shape index (κ1) is 19.1. The zero-order chi connectivity index (χ0) is 17.0. The first-order chi connectivity index (χ1) is 9.91. The average Bonchev–Trinajstić information content (AvgIpc) is 2.32. The molecule has 11 heteroatoms. The van der Waals surface area contributed by atoms with E-state index in [0.717, 1.165) is 12.1 Å². The molecule has 0 saturated heterocycles. The summed E-state index contributed by atoms with van der Waals surface area (Å²) in [7, 11) is 0. The van der Waals surface area contributed by atoms with Crippen LogP contribution in [0, 0.1) is 0 Å². The van der Waals surface area contributed by atoms with Crippen molar-refractivity contribution in [3.8, 4) is 5.75 Å². The van der Waals surface area contributed by atoms with E-state index in [2.05, 4.69) is 9.05 Å². The highest BCUT2D eigenvalue weighted by Gasteiger charge is 2.36. The standard InChI is InChI=1S/C11H10ClF6O3P/c12-22(19,20-7-3-6-10(13,14)15)21-9-5-2-1-4-8(9)11(16,17)18/h1-2,4-5H,3,6-7H2. The fourth-order valence-electron chi connectivity index (χ4n) is 1.37. The number of hydrogen-bond acceptors (Lipinski definition) is 3. The lowest BCUT2D eigenvalue weighted by Crippen LogP contribution is -2.09. The molecular weight excluding hydrogens is 361 g/mol. The number of rotatable bonds is 6. The zero-order valence-electron chi connectivity index (χ0n) is 10.7. The fraction of sp³-hybridized carbons (Fsp3) is 0.455. The maximum Gasteiger partial charge on any atom is 0.476 e. The van der Waals surface area contributed by atoms with Crippen LogP contribution in [0.2, 0.25) is 0 Å². The van der Waals surface area contributed by atoms with E-state index in [4.69, 9.17) is 11.2 Å². The molecule has 3 nitrogen and oxygen atoms in total. The summed E-state index contributed by atoms with van der Waals surface area (Å²) < 4.78 is 94.3. The van der Waals surface area contributed by atoms with Gasteiger partial charge in [-0.25, -0.2) is 4.57 Å². The van der Waals surface area contributed by atoms with Gasteiger partial charge in [0.25, 0.3) is 0 Å². The third-order valence-corrected chi connectivity index (χ3v) is 3.66. The average molecular weight is 371 g/mol. The van der Waals surface area contributed by atoms with E-state index >= 15 is 0 Å². The van der Waals surface area contributed by atoms with Crippen LogP contribution in [0.1, 0.15) is 18.4 Å². The predicted octanol–water partition coefficient (Wildman–Crippen LogP) is 5.79. The third-order valence-electron chi connectivity index (χ3n) is 2.25. The normalized spacial score (nSPS) is 15.4. The molecule has 0 amide bonds. The monoisotopic (exact) mass is 370 g/mol. The summed E-state index contributed by atoms with van der Waals surface area (Å²) in [6, 6.07) is 3.82. The second-order valence-electron chi connectivity index (χ2n) is 4.07. The summed E-state index contributed by atoms with van der Waals surface area (Å²) in [5.41, 5.74) is -1.23. The van der Waals surface area contributed by atoms with Gasteiger partial charge in [0, 0.05) is 17.7 Å². The first-order valence-corrected chi connectivity index (χ1v) is 8.22. The van der Waals surface area contributed by atoms with Gasteiger partial charge in [-0.05, 0) is 18.6 Å². The highest BCUT2D eigenvalue weighted by molar-refractivity contribution is 7.81. The molecule has 1 atom stereocenters. The summed E-state index contributed by atoms with van der Waals surface area (Å²) in [5.74, 6) is -0.829. The number of benzene rings is 1. The van der Waals surface area contributed by atoms with Crippen molar-refractivity contribution in [3.63, 3.8) is 0 Å². The predicted molar refractivity (Wildman–Crippen MR) is 66.8 cm³/mol. The molecule has 126 valence electrons. The Hall–Kier alpha value is -0.920. The third kappa shape index (κ3) is 6.89. The molecule has 0 spiro atoms. The summed E-state index contributed by atoms with van der Waals surface area (Å²) in [5, 5.41) is 0. The Morgan fingerprint density at radius 1 is 1.09 bits per heavy atom. The maximum atomic E-state index is 12.7. The molecule has 1 aromatic carbocycles. The molecule has 0 heterocycles. The highest BCUT2D eigenvalue weighted by Crippen LogP contribution is 2.55. The van der Waals surface area contributed by atoms with E-state index in [0.29, 0.717) is 6.07 Å². The quantitative estimate of drug-likeness (QED) is 0.361. The molecule has 0 radical (unpaired) electrons. The van der Waals surface area contributed by atoms with Gasteiger partial charge in [0.1, 0.15) is 5.75 Å². The van der Waals surface area contributed by atoms with Crippen LogP contribution in [-0.4, -0.2) is 12.8 Å². The van der Waals surface area contributed by atoms with Gasteiger partial charge in [-0.3, -0.25) is 4.52 Å². The molecule has 0 aliphatic rings. The minimum Gasteiger partial charge on any atom is -0.413 e. The van der Waals surface area contributed by atoms with Gasteiger partial charge in [-0.1, -0.05) is 12.1 Å². The molecule has 1 unspecified atom stereocenters. The van der Waals surface area contributed by atoms with Gasteiger partial charge in [0.05, 0.1) is 12.2 Å². The van der Waals surface area contributed by atoms with Crippen molar-refractivity contribution >= 4 is 18.2 Å². The number of halogens is 7. The smallest absolute Gasteiger partial charge is 0.413 e. The van der Waals surface area contributed by atoms with E-state index in [1.54, 1.807) is 0 Å². The van der Waals surface area contributed by atoms with Crippen LogP contribution in [-0.2, 0) is 15.3 Å². The minimum absolute atomic E-state index is 0.551. The van der Waals surface area contributed by atoms with Crippen molar-refractivity contribution in [2.24, 2.45) is 0 Å². The SMILES string of the molecule is O=P(Cl)(OCCCC(F)(F)F)Oc1ccccc1C(F)(F)F. The maximum absolute atomic E-state index is 12.7. The molecule has 22 heavy (non-hydrogen) atoms. The van der Waals surface area contributed by atoms with Crippen molar-refractivity contribution in [3.05, 3.63) is 29.8 Å². The zero-order valence-corrected chi connectivity index (χ0v) is 12.4.